The monoisotopic (exact) mass is 226 g/mol. The molecule has 0 radical (unpaired) electrons. The Hall–Kier alpha value is -2.13. The number of ketones is 1. The topological polar surface area (TPSA) is 64.7 Å². The lowest BCUT2D eigenvalue weighted by Gasteiger charge is -2.18. The summed E-state index contributed by atoms with van der Waals surface area (Å²) in [5.74, 6) is -1.65. The van der Waals surface area contributed by atoms with E-state index >= 15 is 0 Å². The normalized spacial score (nSPS) is 10.7. The molecule has 0 fully saturated rings. The largest absolute Gasteiger partial charge is 0.291 e. The maximum atomic E-state index is 11.7. The summed E-state index contributed by atoms with van der Waals surface area (Å²) in [6.45, 7) is 6.24. The second kappa shape index (κ2) is 4.80. The highest BCUT2D eigenvalue weighted by atomic mass is 16.1. The van der Waals surface area contributed by atoms with Crippen molar-refractivity contribution >= 4 is 5.78 Å². The van der Waals surface area contributed by atoms with Crippen molar-refractivity contribution in [2.24, 2.45) is 5.92 Å². The third kappa shape index (κ3) is 2.92. The second-order valence-electron chi connectivity index (χ2n) is 4.88. The molecular weight excluding hydrogens is 212 g/mol. The van der Waals surface area contributed by atoms with Gasteiger partial charge >= 0.3 is 0 Å². The first-order valence-electron chi connectivity index (χ1n) is 5.34. The van der Waals surface area contributed by atoms with Crippen LogP contribution < -0.4 is 0 Å². The molecule has 86 valence electrons. The van der Waals surface area contributed by atoms with Gasteiger partial charge in [0.05, 0.1) is 12.1 Å². The van der Waals surface area contributed by atoms with Crippen LogP contribution in [0.1, 0.15) is 36.7 Å². The summed E-state index contributed by atoms with van der Waals surface area (Å²) in [6, 6.07) is 10.4. The summed E-state index contributed by atoms with van der Waals surface area (Å²) in [5.41, 5.74) is 1.54. The molecule has 1 aromatic carbocycles. The molecule has 1 aromatic rings. The molecule has 0 saturated carbocycles. The number of hydrogen-bond donors (Lipinski definition) is 0. The van der Waals surface area contributed by atoms with Crippen LogP contribution in [0.15, 0.2) is 24.3 Å². The first-order chi connectivity index (χ1) is 7.90. The van der Waals surface area contributed by atoms with Crippen molar-refractivity contribution in [3.05, 3.63) is 35.4 Å². The maximum absolute atomic E-state index is 11.7. The Labute approximate surface area is 101 Å². The van der Waals surface area contributed by atoms with Crippen molar-refractivity contribution < 1.29 is 4.79 Å². The van der Waals surface area contributed by atoms with Gasteiger partial charge in [-0.1, -0.05) is 45.0 Å². The summed E-state index contributed by atoms with van der Waals surface area (Å²) in [6.07, 6.45) is 0. The molecule has 0 bridgehead atoms. The molecule has 3 heteroatoms. The Kier molecular flexibility index (Phi) is 3.66. The van der Waals surface area contributed by atoms with Gasteiger partial charge in [0, 0.05) is 5.56 Å². The van der Waals surface area contributed by atoms with E-state index in [1.165, 1.54) is 0 Å². The maximum Gasteiger partial charge on any atom is 0.195 e. The number of carbonyl (C=O) groups is 1. The van der Waals surface area contributed by atoms with Crippen LogP contribution in [-0.4, -0.2) is 5.78 Å². The zero-order valence-corrected chi connectivity index (χ0v) is 10.2. The Morgan fingerprint density at radius 1 is 1.12 bits per heavy atom. The van der Waals surface area contributed by atoms with Gasteiger partial charge in [-0.25, -0.2) is 0 Å². The Balaban J connectivity index is 3.02. The third-order valence-electron chi connectivity index (χ3n) is 2.56. The number of hydrogen-bond acceptors (Lipinski definition) is 3. The first kappa shape index (κ1) is 12.9. The van der Waals surface area contributed by atoms with Crippen molar-refractivity contribution in [2.75, 3.05) is 0 Å². The number of Topliss-reactive ketones (excluding diaryl/α,β-unsaturated/α-hetero) is 1. The van der Waals surface area contributed by atoms with E-state index in [2.05, 4.69) is 20.8 Å². The van der Waals surface area contributed by atoms with Crippen LogP contribution in [0.25, 0.3) is 0 Å². The molecule has 17 heavy (non-hydrogen) atoms. The van der Waals surface area contributed by atoms with Crippen LogP contribution in [0.2, 0.25) is 0 Å². The highest BCUT2D eigenvalue weighted by Crippen LogP contribution is 2.22. The lowest BCUT2D eigenvalue weighted by atomic mass is 9.86. The van der Waals surface area contributed by atoms with Crippen molar-refractivity contribution in [1.82, 2.24) is 0 Å². The molecule has 1 rings (SSSR count). The molecule has 0 heterocycles. The third-order valence-corrected chi connectivity index (χ3v) is 2.56. The molecule has 0 unspecified atom stereocenters. The fourth-order valence-electron chi connectivity index (χ4n) is 1.45. The minimum Gasteiger partial charge on any atom is -0.291 e. The van der Waals surface area contributed by atoms with Gasteiger partial charge in [-0.3, -0.25) is 4.79 Å². The van der Waals surface area contributed by atoms with Gasteiger partial charge in [0.2, 0.25) is 0 Å². The van der Waals surface area contributed by atoms with Crippen LogP contribution in [0.4, 0.5) is 0 Å². The van der Waals surface area contributed by atoms with Gasteiger partial charge in [-0.2, -0.15) is 10.5 Å². The minimum absolute atomic E-state index is 0.0193. The van der Waals surface area contributed by atoms with Crippen LogP contribution >= 0.6 is 0 Å². The highest BCUT2D eigenvalue weighted by Gasteiger charge is 2.20. The summed E-state index contributed by atoms with van der Waals surface area (Å²) in [4.78, 5) is 11.7. The lowest BCUT2D eigenvalue weighted by Crippen LogP contribution is -2.13. The van der Waals surface area contributed by atoms with E-state index in [0.29, 0.717) is 5.56 Å². The van der Waals surface area contributed by atoms with E-state index in [1.54, 1.807) is 24.3 Å². The summed E-state index contributed by atoms with van der Waals surface area (Å²) >= 11 is 0. The molecule has 0 saturated heterocycles. The van der Waals surface area contributed by atoms with Crippen LogP contribution in [0.5, 0.6) is 0 Å². The fourth-order valence-corrected chi connectivity index (χ4v) is 1.45. The van der Waals surface area contributed by atoms with E-state index < -0.39 is 11.7 Å². The molecule has 0 amide bonds. The molecule has 0 N–H and O–H groups in total. The van der Waals surface area contributed by atoms with Crippen molar-refractivity contribution in [3.8, 4) is 12.1 Å². The van der Waals surface area contributed by atoms with E-state index in [1.807, 2.05) is 12.1 Å². The average Bonchev–Trinajstić information content (AvgIpc) is 2.29. The van der Waals surface area contributed by atoms with Crippen molar-refractivity contribution in [1.29, 1.82) is 10.5 Å². The molecule has 0 aliphatic rings. The predicted molar refractivity (Wildman–Crippen MR) is 64.2 cm³/mol. The Bertz CT molecular complexity index is 481. The summed E-state index contributed by atoms with van der Waals surface area (Å²) < 4.78 is 0. The zero-order valence-electron chi connectivity index (χ0n) is 10.2. The Morgan fingerprint density at radius 2 is 1.59 bits per heavy atom. The molecule has 3 nitrogen and oxygen atoms in total. The molecule has 0 aromatic heterocycles. The number of benzene rings is 1. The lowest BCUT2D eigenvalue weighted by molar-refractivity contribution is 0.0971. The number of nitriles is 2. The van der Waals surface area contributed by atoms with Gasteiger partial charge in [-0.05, 0) is 11.0 Å². The second-order valence-corrected chi connectivity index (χ2v) is 4.88. The van der Waals surface area contributed by atoms with E-state index in [-0.39, 0.29) is 5.41 Å². The first-order valence-corrected chi connectivity index (χ1v) is 5.34. The van der Waals surface area contributed by atoms with Crippen molar-refractivity contribution in [2.45, 2.75) is 26.2 Å². The molecule has 0 atom stereocenters. The molecule has 0 aliphatic heterocycles. The SMILES string of the molecule is CC(C)(C)c1ccc(C(=O)C(C#N)C#N)cc1. The average molecular weight is 226 g/mol. The van der Waals surface area contributed by atoms with E-state index in [9.17, 15) is 4.79 Å². The quantitative estimate of drug-likeness (QED) is 0.728. The zero-order chi connectivity index (χ0) is 13.1. The number of carbonyl (C=O) groups excluding carboxylic acids is 1. The summed E-state index contributed by atoms with van der Waals surface area (Å²) in [7, 11) is 0. The van der Waals surface area contributed by atoms with E-state index in [0.717, 1.165) is 5.56 Å². The Morgan fingerprint density at radius 3 is 1.94 bits per heavy atom. The standard InChI is InChI=1S/C14H14N2O/c1-14(2,3)12-6-4-10(5-7-12)13(17)11(8-15)9-16/h4-7,11H,1-3H3. The number of rotatable bonds is 2. The van der Waals surface area contributed by atoms with Crippen LogP contribution in [-0.2, 0) is 5.41 Å². The molecule has 0 aliphatic carbocycles. The van der Waals surface area contributed by atoms with Crippen LogP contribution in [0, 0.1) is 28.6 Å². The van der Waals surface area contributed by atoms with Crippen molar-refractivity contribution in [3.63, 3.8) is 0 Å². The van der Waals surface area contributed by atoms with Gasteiger partial charge in [-0.15, -0.1) is 0 Å². The molecular formula is C14H14N2O. The van der Waals surface area contributed by atoms with Gasteiger partial charge in [0.1, 0.15) is 0 Å². The summed E-state index contributed by atoms with van der Waals surface area (Å²) in [5, 5.41) is 17.3. The van der Waals surface area contributed by atoms with E-state index in [4.69, 9.17) is 10.5 Å². The predicted octanol–water partition coefficient (Wildman–Crippen LogP) is 2.83. The minimum atomic E-state index is -1.21. The smallest absolute Gasteiger partial charge is 0.195 e. The van der Waals surface area contributed by atoms with Crippen LogP contribution in [0.3, 0.4) is 0 Å². The molecule has 0 spiro atoms. The van der Waals surface area contributed by atoms with Gasteiger partial charge in [0.25, 0.3) is 0 Å². The fraction of sp³-hybridized carbons (Fsp3) is 0.357. The van der Waals surface area contributed by atoms with Gasteiger partial charge in [0.15, 0.2) is 11.7 Å². The highest BCUT2D eigenvalue weighted by molar-refractivity contribution is 6.00. The number of nitrogens with zero attached hydrogens (tertiary/aromatic N) is 2. The van der Waals surface area contributed by atoms with Gasteiger partial charge < -0.3 is 0 Å².